The molecule has 0 aromatic heterocycles. The molecule has 0 heterocycles. The van der Waals surface area contributed by atoms with E-state index in [1.165, 1.54) is 10.5 Å². The molecule has 0 bridgehead atoms. The zero-order valence-electron chi connectivity index (χ0n) is 12.1. The zero-order chi connectivity index (χ0) is 14.2. The van der Waals surface area contributed by atoms with Gasteiger partial charge in [-0.1, -0.05) is 30.3 Å². The quantitative estimate of drug-likeness (QED) is 0.716. The summed E-state index contributed by atoms with van der Waals surface area (Å²) >= 11 is 1.77. The summed E-state index contributed by atoms with van der Waals surface area (Å²) < 4.78 is 5.71. The van der Waals surface area contributed by atoms with E-state index >= 15 is 0 Å². The van der Waals surface area contributed by atoms with Crippen molar-refractivity contribution in [2.45, 2.75) is 11.4 Å². The van der Waals surface area contributed by atoms with Crippen LogP contribution in [0, 0.1) is 0 Å². The maximum Gasteiger partial charge on any atom is 0.119 e. The molecule has 2 rings (SSSR count). The Morgan fingerprint density at radius 3 is 2.35 bits per heavy atom. The molecular formula is C17H21NOS. The van der Waals surface area contributed by atoms with E-state index in [9.17, 15) is 0 Å². The lowest BCUT2D eigenvalue weighted by molar-refractivity contribution is 0.233. The number of likely N-dealkylation sites (N-methyl/N-ethyl adjacent to an activating group) is 1. The van der Waals surface area contributed by atoms with Crippen molar-refractivity contribution in [1.29, 1.82) is 0 Å². The van der Waals surface area contributed by atoms with Gasteiger partial charge in [0, 0.05) is 18.0 Å². The van der Waals surface area contributed by atoms with Crippen molar-refractivity contribution < 1.29 is 4.74 Å². The topological polar surface area (TPSA) is 12.5 Å². The van der Waals surface area contributed by atoms with E-state index in [0.29, 0.717) is 6.61 Å². The van der Waals surface area contributed by atoms with Crippen molar-refractivity contribution in [1.82, 2.24) is 4.90 Å². The summed E-state index contributed by atoms with van der Waals surface area (Å²) in [5.41, 5.74) is 1.34. The van der Waals surface area contributed by atoms with Gasteiger partial charge in [-0.15, -0.1) is 11.8 Å². The largest absolute Gasteiger partial charge is 0.492 e. The van der Waals surface area contributed by atoms with Crippen molar-refractivity contribution in [3.05, 3.63) is 60.2 Å². The second-order valence-electron chi connectivity index (χ2n) is 4.75. The standard InChI is InChI=1S/C17H21NOS/c1-18(12-13-19-16-6-4-3-5-7-16)14-15-8-10-17(20-2)11-9-15/h3-11H,12-14H2,1-2H3. The first-order valence-electron chi connectivity index (χ1n) is 6.77. The normalized spacial score (nSPS) is 10.8. The number of para-hydroxylation sites is 1. The van der Waals surface area contributed by atoms with E-state index in [0.717, 1.165) is 18.8 Å². The zero-order valence-corrected chi connectivity index (χ0v) is 12.9. The molecule has 2 nitrogen and oxygen atoms in total. The maximum atomic E-state index is 5.71. The molecule has 0 amide bonds. The Balaban J connectivity index is 1.73. The molecule has 0 atom stereocenters. The Kier molecular flexibility index (Phi) is 5.96. The van der Waals surface area contributed by atoms with Crippen LogP contribution in [0.3, 0.4) is 0 Å². The van der Waals surface area contributed by atoms with Crippen LogP contribution < -0.4 is 4.74 Å². The van der Waals surface area contributed by atoms with Crippen LogP contribution in [0.15, 0.2) is 59.5 Å². The molecule has 2 aromatic carbocycles. The molecule has 0 aliphatic rings. The van der Waals surface area contributed by atoms with Crippen LogP contribution in [0.25, 0.3) is 0 Å². The molecule has 0 aliphatic carbocycles. The molecule has 0 spiro atoms. The van der Waals surface area contributed by atoms with Crippen LogP contribution in [0.2, 0.25) is 0 Å². The minimum absolute atomic E-state index is 0.712. The summed E-state index contributed by atoms with van der Waals surface area (Å²) in [7, 11) is 2.12. The van der Waals surface area contributed by atoms with Gasteiger partial charge in [0.1, 0.15) is 12.4 Å². The number of nitrogens with zero attached hydrogens (tertiary/aromatic N) is 1. The Labute approximate surface area is 125 Å². The molecular weight excluding hydrogens is 266 g/mol. The Bertz CT molecular complexity index is 498. The average Bonchev–Trinajstić information content (AvgIpc) is 2.49. The third kappa shape index (κ3) is 4.91. The summed E-state index contributed by atoms with van der Waals surface area (Å²) in [6.07, 6.45) is 2.10. The maximum absolute atomic E-state index is 5.71. The van der Waals surface area contributed by atoms with Gasteiger partial charge < -0.3 is 4.74 Å². The number of ether oxygens (including phenoxy) is 1. The van der Waals surface area contributed by atoms with Gasteiger partial charge >= 0.3 is 0 Å². The van der Waals surface area contributed by atoms with Crippen molar-refractivity contribution in [2.75, 3.05) is 26.5 Å². The third-order valence-corrected chi connectivity index (χ3v) is 3.84. The van der Waals surface area contributed by atoms with E-state index < -0.39 is 0 Å². The minimum Gasteiger partial charge on any atom is -0.492 e. The number of thioether (sulfide) groups is 1. The first-order chi connectivity index (χ1) is 9.78. The van der Waals surface area contributed by atoms with Crippen LogP contribution >= 0.6 is 11.8 Å². The van der Waals surface area contributed by atoms with Crippen molar-refractivity contribution in [2.24, 2.45) is 0 Å². The lowest BCUT2D eigenvalue weighted by Gasteiger charge is -2.17. The van der Waals surface area contributed by atoms with Crippen molar-refractivity contribution >= 4 is 11.8 Å². The third-order valence-electron chi connectivity index (χ3n) is 3.10. The number of rotatable bonds is 7. The van der Waals surface area contributed by atoms with E-state index in [4.69, 9.17) is 4.74 Å². The summed E-state index contributed by atoms with van der Waals surface area (Å²) in [5.74, 6) is 0.935. The monoisotopic (exact) mass is 287 g/mol. The summed E-state index contributed by atoms with van der Waals surface area (Å²) in [6.45, 7) is 2.58. The number of hydrogen-bond acceptors (Lipinski definition) is 3. The highest BCUT2D eigenvalue weighted by Crippen LogP contribution is 2.15. The van der Waals surface area contributed by atoms with Gasteiger partial charge in [-0.3, -0.25) is 4.90 Å². The number of hydrogen-bond donors (Lipinski definition) is 0. The van der Waals surface area contributed by atoms with Gasteiger partial charge in [0.15, 0.2) is 0 Å². The first-order valence-corrected chi connectivity index (χ1v) is 8.00. The fraction of sp³-hybridized carbons (Fsp3) is 0.294. The smallest absolute Gasteiger partial charge is 0.119 e. The van der Waals surface area contributed by atoms with E-state index in [1.807, 2.05) is 30.3 Å². The Morgan fingerprint density at radius 1 is 1.00 bits per heavy atom. The number of benzene rings is 2. The molecule has 2 aromatic rings. The molecule has 20 heavy (non-hydrogen) atoms. The molecule has 0 saturated carbocycles. The van der Waals surface area contributed by atoms with Gasteiger partial charge in [-0.2, -0.15) is 0 Å². The van der Waals surface area contributed by atoms with E-state index in [2.05, 4.69) is 42.5 Å². The Hall–Kier alpha value is -1.45. The highest BCUT2D eigenvalue weighted by molar-refractivity contribution is 7.98. The fourth-order valence-corrected chi connectivity index (χ4v) is 2.37. The summed E-state index contributed by atoms with van der Waals surface area (Å²) in [6, 6.07) is 18.7. The lowest BCUT2D eigenvalue weighted by Crippen LogP contribution is -2.23. The SMILES string of the molecule is CSc1ccc(CN(C)CCOc2ccccc2)cc1. The van der Waals surface area contributed by atoms with Crippen LogP contribution in [-0.2, 0) is 6.54 Å². The second kappa shape index (κ2) is 7.98. The molecule has 0 radical (unpaired) electrons. The van der Waals surface area contributed by atoms with Crippen LogP contribution in [0.5, 0.6) is 5.75 Å². The molecule has 0 aliphatic heterocycles. The second-order valence-corrected chi connectivity index (χ2v) is 5.63. The average molecular weight is 287 g/mol. The van der Waals surface area contributed by atoms with Crippen molar-refractivity contribution in [3.63, 3.8) is 0 Å². The van der Waals surface area contributed by atoms with Gasteiger partial charge in [-0.05, 0) is 43.1 Å². The molecule has 0 fully saturated rings. The van der Waals surface area contributed by atoms with E-state index in [-0.39, 0.29) is 0 Å². The highest BCUT2D eigenvalue weighted by atomic mass is 32.2. The summed E-state index contributed by atoms with van der Waals surface area (Å²) in [4.78, 5) is 3.58. The Morgan fingerprint density at radius 2 is 1.70 bits per heavy atom. The molecule has 0 saturated heterocycles. The van der Waals surface area contributed by atoms with Crippen molar-refractivity contribution in [3.8, 4) is 5.75 Å². The van der Waals surface area contributed by atoms with Gasteiger partial charge in [0.2, 0.25) is 0 Å². The molecule has 3 heteroatoms. The van der Waals surface area contributed by atoms with Crippen LogP contribution in [0.1, 0.15) is 5.56 Å². The molecule has 0 unspecified atom stereocenters. The molecule has 106 valence electrons. The predicted octanol–water partition coefficient (Wildman–Crippen LogP) is 3.92. The van der Waals surface area contributed by atoms with E-state index in [1.54, 1.807) is 11.8 Å². The fourth-order valence-electron chi connectivity index (χ4n) is 1.96. The first kappa shape index (κ1) is 14.9. The minimum atomic E-state index is 0.712. The van der Waals surface area contributed by atoms with Gasteiger partial charge in [0.05, 0.1) is 0 Å². The van der Waals surface area contributed by atoms with Gasteiger partial charge in [0.25, 0.3) is 0 Å². The molecule has 0 N–H and O–H groups in total. The lowest BCUT2D eigenvalue weighted by atomic mass is 10.2. The summed E-state index contributed by atoms with van der Waals surface area (Å²) in [5, 5.41) is 0. The van der Waals surface area contributed by atoms with Crippen LogP contribution in [-0.4, -0.2) is 31.4 Å². The van der Waals surface area contributed by atoms with Crippen LogP contribution in [0.4, 0.5) is 0 Å². The predicted molar refractivity (Wildman–Crippen MR) is 86.5 cm³/mol. The highest BCUT2D eigenvalue weighted by Gasteiger charge is 2.01. The van der Waals surface area contributed by atoms with Gasteiger partial charge in [-0.25, -0.2) is 0 Å².